The van der Waals surface area contributed by atoms with Crippen LogP contribution in [0.4, 0.5) is 0 Å². The number of pyridine rings is 1. The summed E-state index contributed by atoms with van der Waals surface area (Å²) in [5, 5.41) is 0.282. The first-order valence-corrected chi connectivity index (χ1v) is 32.9. The number of hydrogen-bond donors (Lipinski definition) is 0. The zero-order valence-corrected chi connectivity index (χ0v) is 54.7. The maximum atomic E-state index is 11.1. The fourth-order valence-electron chi connectivity index (χ4n) is 13.7. The fraction of sp³-hybridized carbons (Fsp3) is 0.0455. The van der Waals surface area contributed by atoms with Crippen molar-refractivity contribution in [1.29, 1.82) is 0 Å². The van der Waals surface area contributed by atoms with Crippen molar-refractivity contribution in [2.45, 2.75) is 26.2 Å². The van der Waals surface area contributed by atoms with Gasteiger partial charge in [0.25, 0.3) is 6.33 Å². The average Bonchev–Trinajstić information content (AvgIpc) is 0.928. The number of fused-ring (bicyclic) bond motifs is 13. The number of imidazole rings is 1. The van der Waals surface area contributed by atoms with Crippen molar-refractivity contribution in [1.82, 2.24) is 14.1 Å². The van der Waals surface area contributed by atoms with Crippen LogP contribution in [0, 0.1) is 18.5 Å². The standard InChI is InChI=1S/C88H60N4O2Si.Pt/c1-88(2,3)61-48-49-89-85(54-61)92-80-42-19-17-38-74(80)75-46-45-64(56-81(75)92)93-63-26-22-25-62(55-63)90-57-91-86-69(59-44-47-84-78(51-59)76-39-18-20-43-83(76)94-84)40-23-41-77(86)72-36-15-13-34-70(72)71-35-14-16-37-73(71)79-52-60(53-82(90)87(79)91)58-24-21-33-68(50-58)95(65-27-7-4-8-28-65,66-29-9-5-10-30-66)67-31-11-6-12-32-67;/h4-54H,1-3H3;/q-2;/i4D,5D,6D,7D,8D,9D,10D,11D,21D,24D,27D,28D,29D,30D,31D,32D,33D,50D;. The quantitative estimate of drug-likeness (QED) is 0.0593. The number of nitrogens with zero attached hydrogens (tertiary/aromatic N) is 4. The Bertz CT molecular complexity index is 6930. The molecule has 0 bridgehead atoms. The normalized spacial score (nSPS) is 14.7. The van der Waals surface area contributed by atoms with E-state index in [1.165, 1.54) is 0 Å². The van der Waals surface area contributed by atoms with E-state index in [4.69, 9.17) is 18.3 Å². The summed E-state index contributed by atoms with van der Waals surface area (Å²) in [6.07, 6.45) is 5.61. The number of benzene rings is 13. The number of aromatic nitrogens is 4. The molecule has 18 rings (SSSR count). The second kappa shape index (κ2) is 23.4. The number of hydrogen-bond acceptors (Lipinski definition) is 3. The molecule has 96 heavy (non-hydrogen) atoms. The molecule has 0 radical (unpaired) electrons. The van der Waals surface area contributed by atoms with E-state index in [1.54, 1.807) is 34.9 Å². The molecule has 5 heterocycles. The van der Waals surface area contributed by atoms with Gasteiger partial charge in [0, 0.05) is 55.1 Å². The Hall–Kier alpha value is -11.2. The predicted octanol–water partition coefficient (Wildman–Crippen LogP) is 18.8. The number of furan rings is 1. The number of ether oxygens (including phenoxy) is 1. The van der Waals surface area contributed by atoms with Crippen molar-refractivity contribution in [2.24, 2.45) is 0 Å². The first-order chi connectivity index (χ1) is 54.2. The maximum Gasteiger partial charge on any atom is 0.268 e. The molecular weight excluding hydrogens is 1370 g/mol. The van der Waals surface area contributed by atoms with Crippen LogP contribution in [0.15, 0.2) is 314 Å². The van der Waals surface area contributed by atoms with Gasteiger partial charge >= 0.3 is 0 Å². The summed E-state index contributed by atoms with van der Waals surface area (Å²) >= 11 is 0. The molecule has 460 valence electrons. The van der Waals surface area contributed by atoms with E-state index in [1.807, 2.05) is 150 Å². The monoisotopic (exact) mass is 1450 g/mol. The molecule has 4 aromatic heterocycles. The minimum atomic E-state index is -6.14. The van der Waals surface area contributed by atoms with Crippen LogP contribution < -0.4 is 30.1 Å². The van der Waals surface area contributed by atoms with Gasteiger partial charge in [-0.2, -0.15) is 18.2 Å². The van der Waals surface area contributed by atoms with Gasteiger partial charge in [0.05, 0.1) is 41.4 Å². The van der Waals surface area contributed by atoms with Crippen LogP contribution in [-0.2, 0) is 26.5 Å². The molecule has 0 unspecified atom stereocenters. The van der Waals surface area contributed by atoms with Gasteiger partial charge in [-0.3, -0.25) is 4.57 Å². The molecule has 0 fully saturated rings. The maximum absolute atomic E-state index is 11.1. The van der Waals surface area contributed by atoms with Crippen molar-refractivity contribution in [3.05, 3.63) is 333 Å². The van der Waals surface area contributed by atoms with Crippen molar-refractivity contribution >= 4 is 83.6 Å². The zero-order valence-electron chi connectivity index (χ0n) is 69.5. The molecule has 0 spiro atoms. The van der Waals surface area contributed by atoms with Crippen molar-refractivity contribution in [3.63, 3.8) is 0 Å². The molecule has 0 amide bonds. The molecule has 6 nitrogen and oxygen atoms in total. The first-order valence-electron chi connectivity index (χ1n) is 39.9. The molecular formula is C88H60N4O2PtSi-2. The van der Waals surface area contributed by atoms with E-state index >= 15 is 0 Å². The Morgan fingerprint density at radius 1 is 0.469 bits per heavy atom. The van der Waals surface area contributed by atoms with Gasteiger partial charge in [0.15, 0.2) is 8.07 Å². The summed E-state index contributed by atoms with van der Waals surface area (Å²) in [5.41, 5.74) is 11.0. The molecule has 1 aliphatic heterocycles. The van der Waals surface area contributed by atoms with Gasteiger partial charge in [-0.25, -0.2) is 4.98 Å². The predicted molar refractivity (Wildman–Crippen MR) is 390 cm³/mol. The van der Waals surface area contributed by atoms with Crippen LogP contribution in [0.1, 0.15) is 51.0 Å². The van der Waals surface area contributed by atoms with E-state index in [-0.39, 0.29) is 37.8 Å². The van der Waals surface area contributed by atoms with E-state index in [0.29, 0.717) is 61.8 Å². The molecule has 17 aromatic rings. The largest absolute Gasteiger partial charge is 0.510 e. The second-order valence-electron chi connectivity index (χ2n) is 24.4. The first kappa shape index (κ1) is 42.2. The van der Waals surface area contributed by atoms with Crippen LogP contribution in [-0.4, -0.2) is 22.2 Å². The van der Waals surface area contributed by atoms with Gasteiger partial charge in [-0.05, 0) is 141 Å². The second-order valence-corrected chi connectivity index (χ2v) is 27.9. The third-order valence-electron chi connectivity index (χ3n) is 18.0. The number of rotatable bonds is 10. The van der Waals surface area contributed by atoms with Gasteiger partial charge in [0.2, 0.25) is 0 Å². The number of para-hydroxylation sites is 3. The molecule has 0 saturated carbocycles. The van der Waals surface area contributed by atoms with Crippen LogP contribution in [0.5, 0.6) is 11.5 Å². The van der Waals surface area contributed by atoms with Crippen LogP contribution in [0.3, 0.4) is 0 Å². The topological polar surface area (TPSA) is 49.0 Å². The minimum absolute atomic E-state index is 0. The SMILES string of the molecule is [2H]c1cc([2H])c([Si](c2c([2H])c([2H])c([2H])c([2H])c2[2H])(c2c([2H])c([2H])c([2H])c([2H])c2[2H])c2c([2H])c([2H])c([2H])c(-c3cc4c5c(c3)n(-c3[c-]c(Oc6[c-]c7c(cc6)c6ccccc6n7-c6cc(C(C)(C)C)ccn6)ccc3)[c-][n+]5-c3c(-c5ccc6oc7ccccc7c6c5)cccc3-c3ccccc3-c3ccccc3-4)c2[2H])c([2H])c1[2H].[Pt]. The Balaban J connectivity index is 0.00000939. The van der Waals surface area contributed by atoms with Crippen LogP contribution in [0.2, 0.25) is 0 Å². The van der Waals surface area contributed by atoms with Gasteiger partial charge in [-0.15, -0.1) is 29.7 Å². The summed E-state index contributed by atoms with van der Waals surface area (Å²) in [6, 6.07) is 51.0. The van der Waals surface area contributed by atoms with E-state index in [9.17, 15) is 20.6 Å². The van der Waals surface area contributed by atoms with Crippen LogP contribution in [0.25, 0.3) is 128 Å². The van der Waals surface area contributed by atoms with Crippen molar-refractivity contribution in [3.8, 4) is 84.3 Å². The van der Waals surface area contributed by atoms with E-state index in [0.717, 1.165) is 72.1 Å². The van der Waals surface area contributed by atoms with Crippen LogP contribution >= 0.6 is 0 Å². The summed E-state index contributed by atoms with van der Waals surface area (Å²) in [4.78, 5) is 4.89. The Kier molecular flexibility index (Phi) is 10.3. The fourth-order valence-corrected chi connectivity index (χ4v) is 17.3. The molecule has 8 heteroatoms. The van der Waals surface area contributed by atoms with Crippen molar-refractivity contribution in [2.75, 3.05) is 0 Å². The summed E-state index contributed by atoms with van der Waals surface area (Å²) in [6.45, 7) is 6.45. The smallest absolute Gasteiger partial charge is 0.268 e. The van der Waals surface area contributed by atoms with E-state index < -0.39 is 143 Å². The Morgan fingerprint density at radius 3 is 1.88 bits per heavy atom. The minimum Gasteiger partial charge on any atom is -0.510 e. The van der Waals surface area contributed by atoms with E-state index in [2.05, 4.69) is 62.0 Å². The Morgan fingerprint density at radius 2 is 1.10 bits per heavy atom. The average molecular weight is 1450 g/mol. The van der Waals surface area contributed by atoms with Gasteiger partial charge < -0.3 is 18.3 Å². The molecule has 1 aliphatic rings. The van der Waals surface area contributed by atoms with Gasteiger partial charge in [0.1, 0.15) is 17.0 Å². The van der Waals surface area contributed by atoms with Gasteiger partial charge in [-0.1, -0.05) is 256 Å². The Labute approximate surface area is 597 Å². The molecule has 0 aliphatic carbocycles. The summed E-state index contributed by atoms with van der Waals surface area (Å²) in [7, 11) is -6.14. The van der Waals surface area contributed by atoms with Crippen molar-refractivity contribution < 1.29 is 59.5 Å². The molecule has 0 N–H and O–H groups in total. The molecule has 13 aromatic carbocycles. The molecule has 0 saturated heterocycles. The summed E-state index contributed by atoms with van der Waals surface area (Å²) < 4.78 is 193. The third-order valence-corrected chi connectivity index (χ3v) is 22.0. The molecule has 0 atom stereocenters. The summed E-state index contributed by atoms with van der Waals surface area (Å²) in [5.74, 6) is 1.27. The zero-order chi connectivity index (χ0) is 79.0. The third kappa shape index (κ3) is 9.55.